The van der Waals surface area contributed by atoms with E-state index in [-0.39, 0.29) is 34.1 Å². The second-order valence-electron chi connectivity index (χ2n) is 23.4. The second-order valence-corrected chi connectivity index (χ2v) is 23.4. The van der Waals surface area contributed by atoms with Crippen molar-refractivity contribution in [2.75, 3.05) is 29.4 Å². The van der Waals surface area contributed by atoms with E-state index in [1.807, 2.05) is 186 Å². The van der Waals surface area contributed by atoms with Gasteiger partial charge in [-0.15, -0.1) is 0 Å². The van der Waals surface area contributed by atoms with Crippen molar-refractivity contribution >= 4 is 149 Å². The van der Waals surface area contributed by atoms with Crippen molar-refractivity contribution in [3.05, 3.63) is 326 Å². The van der Waals surface area contributed by atoms with Gasteiger partial charge in [0.15, 0.2) is 0 Å². The third-order valence-corrected chi connectivity index (χ3v) is 18.3. The van der Waals surface area contributed by atoms with Crippen molar-refractivity contribution < 1.29 is 35.1 Å². The highest BCUT2D eigenvalue weighted by atomic mass is 19.2. The van der Waals surface area contributed by atoms with Crippen LogP contribution in [-0.4, -0.2) is 13.4 Å². The molecule has 17 rings (SSSR count). The maximum atomic E-state index is 17.8. The first-order valence-corrected chi connectivity index (χ1v) is 30.5. The lowest BCUT2D eigenvalue weighted by molar-refractivity contribution is 0.585. The lowest BCUT2D eigenvalue weighted by Crippen LogP contribution is -2.65. The van der Waals surface area contributed by atoms with Gasteiger partial charge in [-0.25, -0.2) is 35.1 Å². The Hall–Kier alpha value is -11.8. The van der Waals surface area contributed by atoms with E-state index in [2.05, 4.69) is 0 Å². The number of hydrogen-bond acceptors (Lipinski definition) is 6. The Morgan fingerprint density at radius 3 is 0.723 bits per heavy atom. The zero-order chi connectivity index (χ0) is 63.6. The van der Waals surface area contributed by atoms with Crippen LogP contribution in [0.5, 0.6) is 0 Å². The normalized spacial score (nSPS) is 13.0. The van der Waals surface area contributed by atoms with Gasteiger partial charge < -0.3 is 29.4 Å². The van der Waals surface area contributed by atoms with Crippen LogP contribution in [0.2, 0.25) is 0 Å². The first-order chi connectivity index (χ1) is 46.0. The minimum absolute atomic E-state index is 0.186. The van der Waals surface area contributed by atoms with E-state index in [4.69, 9.17) is 0 Å². The molecule has 0 amide bonds. The van der Waals surface area contributed by atoms with Crippen LogP contribution in [-0.2, 0) is 0 Å². The van der Waals surface area contributed by atoms with Crippen LogP contribution in [0.15, 0.2) is 279 Å². The molecule has 0 N–H and O–H groups in total. The molecule has 4 aliphatic rings. The molecular weight excluding hydrogens is 1190 g/mol. The molecule has 0 spiro atoms. The summed E-state index contributed by atoms with van der Waals surface area (Å²) in [5.41, 5.74) is 6.60. The number of fused-ring (bicyclic) bond motifs is 8. The molecular formula is C78H46B2F8N6. The molecule has 6 nitrogen and oxygen atoms in total. The van der Waals surface area contributed by atoms with Gasteiger partial charge in [0.05, 0.1) is 11.4 Å². The van der Waals surface area contributed by atoms with Crippen molar-refractivity contribution in [3.63, 3.8) is 0 Å². The van der Waals surface area contributed by atoms with Gasteiger partial charge in [-0.1, -0.05) is 140 Å². The number of hydrogen-bond donors (Lipinski definition) is 0. The van der Waals surface area contributed by atoms with Crippen LogP contribution in [0.25, 0.3) is 0 Å². The van der Waals surface area contributed by atoms with Crippen molar-refractivity contribution in [1.29, 1.82) is 0 Å². The lowest BCUT2D eigenvalue weighted by Gasteiger charge is -2.47. The molecule has 0 fully saturated rings. The van der Waals surface area contributed by atoms with Crippen molar-refractivity contribution in [2.45, 2.75) is 0 Å². The van der Waals surface area contributed by atoms with Gasteiger partial charge in [-0.05, 0) is 172 Å². The molecule has 13 aromatic rings. The topological polar surface area (TPSA) is 19.4 Å². The van der Waals surface area contributed by atoms with Gasteiger partial charge in [0, 0.05) is 68.2 Å². The number of nitrogens with zero attached hydrogens (tertiary/aromatic N) is 6. The summed E-state index contributed by atoms with van der Waals surface area (Å²) >= 11 is 0. The minimum atomic E-state index is -0.974. The summed E-state index contributed by atoms with van der Waals surface area (Å²) in [6.45, 7) is -1.82. The molecule has 16 heteroatoms. The number of halogens is 8. The molecule has 450 valence electrons. The van der Waals surface area contributed by atoms with Crippen molar-refractivity contribution in [2.24, 2.45) is 0 Å². The van der Waals surface area contributed by atoms with Gasteiger partial charge in [-0.3, -0.25) is 0 Å². The maximum Gasteiger partial charge on any atom is 0.252 e. The fraction of sp³-hybridized carbons (Fsp3) is 0. The third kappa shape index (κ3) is 8.58. The summed E-state index contributed by atoms with van der Waals surface area (Å²) < 4.78 is 139. The molecule has 13 aromatic carbocycles. The SMILES string of the molecule is Fc1cccc(F)c1N1c2ccccc2B2c3cc4c(cc3N(c3c(F)cccc3F)c3cc(N(c5ccccc5)c5ccccc5)cc1c32)N(c1c(F)cccc1F)c1cc(N(c2ccccc2)c2ccccc2)cc2c1B4c1ccccc1N2c1c(F)cccc1F. The molecule has 0 saturated heterocycles. The van der Waals surface area contributed by atoms with E-state index in [1.54, 1.807) is 30.3 Å². The van der Waals surface area contributed by atoms with E-state index >= 15 is 35.1 Å². The highest BCUT2D eigenvalue weighted by Gasteiger charge is 2.50. The highest BCUT2D eigenvalue weighted by molar-refractivity contribution is 7.03. The molecule has 94 heavy (non-hydrogen) atoms. The summed E-state index contributed by atoms with van der Waals surface area (Å²) in [4.78, 5) is 9.87. The molecule has 0 atom stereocenters. The first-order valence-electron chi connectivity index (χ1n) is 30.5. The van der Waals surface area contributed by atoms with Crippen LogP contribution in [0, 0.1) is 46.5 Å². The second kappa shape index (κ2) is 22.0. The summed E-state index contributed by atoms with van der Waals surface area (Å²) in [7, 11) is 0. The van der Waals surface area contributed by atoms with E-state index in [1.165, 1.54) is 68.1 Å². The van der Waals surface area contributed by atoms with Crippen LogP contribution in [0.3, 0.4) is 0 Å². The average Bonchev–Trinajstić information content (AvgIpc) is 0.687. The fourth-order valence-electron chi connectivity index (χ4n) is 14.6. The number of para-hydroxylation sites is 10. The van der Waals surface area contributed by atoms with Crippen molar-refractivity contribution in [1.82, 2.24) is 0 Å². The Kier molecular flexibility index (Phi) is 13.1. The van der Waals surface area contributed by atoms with Crippen LogP contribution >= 0.6 is 0 Å². The smallest absolute Gasteiger partial charge is 0.252 e. The molecule has 0 saturated carbocycles. The molecule has 0 unspecified atom stereocenters. The number of rotatable bonds is 10. The Labute approximate surface area is 536 Å². The monoisotopic (exact) mass is 1240 g/mol. The Bertz CT molecular complexity index is 4750. The quantitative estimate of drug-likeness (QED) is 0.0997. The Morgan fingerprint density at radius 1 is 0.202 bits per heavy atom. The van der Waals surface area contributed by atoms with Crippen LogP contribution in [0.4, 0.5) is 137 Å². The molecule has 4 aliphatic heterocycles. The highest BCUT2D eigenvalue weighted by Crippen LogP contribution is 2.54. The Balaban J connectivity index is 1.04. The maximum absolute atomic E-state index is 17.8. The third-order valence-electron chi connectivity index (χ3n) is 18.3. The van der Waals surface area contributed by atoms with Gasteiger partial charge in [-0.2, -0.15) is 0 Å². The predicted octanol–water partition coefficient (Wildman–Crippen LogP) is 17.9. The van der Waals surface area contributed by atoms with Crippen LogP contribution in [0.1, 0.15) is 0 Å². The Morgan fingerprint density at radius 2 is 0.447 bits per heavy atom. The van der Waals surface area contributed by atoms with Gasteiger partial charge >= 0.3 is 0 Å². The standard InChI is InChI=1S/C78H46B2F8N6/c81-57-31-17-32-58(82)75(57)91-65-39-15-13-29-53(65)79-55-45-56-68(46-67(55)93(77-61(85)35-19-36-62(77)86)71-43-51(41-69(91)73(71)79)89(47-21-5-1-6-22-47)48-23-7-2-8-24-48)94(78-63(87)37-20-38-64(78)88)72-44-52(90(49-25-9-3-10-26-49)50-27-11-4-12-28-50)42-70-74(72)80(56)54-30-14-16-40-66(54)92(70)76-59(83)33-18-34-60(76)84/h1-46H. The molecule has 0 bridgehead atoms. The van der Waals surface area contributed by atoms with E-state index in [9.17, 15) is 0 Å². The van der Waals surface area contributed by atoms with Gasteiger partial charge in [0.2, 0.25) is 0 Å². The zero-order valence-electron chi connectivity index (χ0n) is 49.4. The zero-order valence-corrected chi connectivity index (χ0v) is 49.4. The van der Waals surface area contributed by atoms with E-state index < -0.39 is 82.7 Å². The molecule has 0 radical (unpaired) electrons. The van der Waals surface area contributed by atoms with Crippen molar-refractivity contribution in [3.8, 4) is 0 Å². The predicted molar refractivity (Wildman–Crippen MR) is 364 cm³/mol. The lowest BCUT2D eigenvalue weighted by atomic mass is 9.30. The summed E-state index contributed by atoms with van der Waals surface area (Å²) in [6.07, 6.45) is 0. The fourth-order valence-corrected chi connectivity index (χ4v) is 14.6. The molecule has 4 heterocycles. The average molecular weight is 1240 g/mol. The van der Waals surface area contributed by atoms with E-state index in [0.717, 1.165) is 24.3 Å². The summed E-state index contributed by atoms with van der Waals surface area (Å²) in [6, 6.07) is 77.3. The summed E-state index contributed by atoms with van der Waals surface area (Å²) in [5, 5.41) is 0. The number of anilines is 18. The number of benzene rings is 13. The van der Waals surface area contributed by atoms with E-state index in [0.29, 0.717) is 78.3 Å². The largest absolute Gasteiger partial charge is 0.310 e. The molecule has 0 aromatic heterocycles. The first kappa shape index (κ1) is 56.2. The molecule has 0 aliphatic carbocycles. The summed E-state index contributed by atoms with van der Waals surface area (Å²) in [5.74, 6) is -7.43. The van der Waals surface area contributed by atoms with Gasteiger partial charge in [0.1, 0.15) is 69.3 Å². The minimum Gasteiger partial charge on any atom is -0.310 e. The van der Waals surface area contributed by atoms with Gasteiger partial charge in [0.25, 0.3) is 13.4 Å². The van der Waals surface area contributed by atoms with Crippen LogP contribution < -0.4 is 62.2 Å².